The zero-order valence-electron chi connectivity index (χ0n) is 16.7. The van der Waals surface area contributed by atoms with Crippen molar-refractivity contribution in [3.05, 3.63) is 76.1 Å². The van der Waals surface area contributed by atoms with Gasteiger partial charge in [-0.05, 0) is 48.4 Å². The van der Waals surface area contributed by atoms with Crippen molar-refractivity contribution in [1.29, 1.82) is 0 Å². The number of halogens is 2. The summed E-state index contributed by atoms with van der Waals surface area (Å²) in [5, 5.41) is 2.89. The molecule has 0 aliphatic rings. The average molecular weight is 433 g/mol. The van der Waals surface area contributed by atoms with E-state index in [9.17, 15) is 17.8 Å². The standard InChI is InChI=1S/C21H21F2N3O3S/c1-4-13-5-10-17(16(23)11-13)24-21-20(18(29-3)12-19(27)26(21)2)25-30(28)15-8-6-14(22)7-9-15/h5-12,24-25H,4H2,1-3H3. The normalized spacial score (nSPS) is 11.8. The maximum absolute atomic E-state index is 14.5. The van der Waals surface area contributed by atoms with E-state index in [0.717, 1.165) is 5.56 Å². The fraction of sp³-hybridized carbons (Fsp3) is 0.190. The summed E-state index contributed by atoms with van der Waals surface area (Å²) in [6, 6.07) is 11.1. The molecule has 3 aromatic rings. The van der Waals surface area contributed by atoms with Gasteiger partial charge in [-0.1, -0.05) is 13.0 Å². The van der Waals surface area contributed by atoms with E-state index < -0.39 is 28.2 Å². The average Bonchev–Trinajstić information content (AvgIpc) is 2.74. The predicted molar refractivity (Wildman–Crippen MR) is 114 cm³/mol. The Bertz CT molecular complexity index is 1150. The Hall–Kier alpha value is -3.20. The summed E-state index contributed by atoms with van der Waals surface area (Å²) in [6.45, 7) is 1.92. The third kappa shape index (κ3) is 4.51. The zero-order chi connectivity index (χ0) is 21.8. The van der Waals surface area contributed by atoms with Crippen LogP contribution in [0.15, 0.2) is 58.2 Å². The summed E-state index contributed by atoms with van der Waals surface area (Å²) < 4.78 is 49.8. The van der Waals surface area contributed by atoms with Crippen LogP contribution in [0.25, 0.3) is 0 Å². The van der Waals surface area contributed by atoms with E-state index in [2.05, 4.69) is 10.0 Å². The van der Waals surface area contributed by atoms with Crippen molar-refractivity contribution in [1.82, 2.24) is 4.57 Å². The van der Waals surface area contributed by atoms with Crippen molar-refractivity contribution < 1.29 is 17.7 Å². The minimum absolute atomic E-state index is 0.127. The fourth-order valence-electron chi connectivity index (χ4n) is 2.80. The minimum Gasteiger partial charge on any atom is -0.494 e. The molecule has 0 spiro atoms. The third-order valence-corrected chi connectivity index (χ3v) is 5.63. The van der Waals surface area contributed by atoms with E-state index in [-0.39, 0.29) is 22.9 Å². The Morgan fingerprint density at radius 3 is 2.40 bits per heavy atom. The smallest absolute Gasteiger partial charge is 0.255 e. The SMILES string of the molecule is CCc1ccc(Nc2c(NS(=O)c3ccc(F)cc3)c(OC)cc(=O)n2C)c(F)c1. The first kappa shape index (κ1) is 21.5. The number of nitrogens with zero attached hydrogens (tertiary/aromatic N) is 1. The molecule has 0 saturated carbocycles. The predicted octanol–water partition coefficient (Wildman–Crippen LogP) is 4.11. The molecule has 9 heteroatoms. The molecule has 0 fully saturated rings. The van der Waals surface area contributed by atoms with Gasteiger partial charge in [-0.3, -0.25) is 14.1 Å². The van der Waals surface area contributed by atoms with E-state index in [1.807, 2.05) is 6.92 Å². The van der Waals surface area contributed by atoms with Gasteiger partial charge in [0.25, 0.3) is 5.56 Å². The zero-order valence-corrected chi connectivity index (χ0v) is 17.5. The Kier molecular flexibility index (Phi) is 6.51. The number of hydrogen-bond donors (Lipinski definition) is 2. The van der Waals surface area contributed by atoms with Gasteiger partial charge >= 0.3 is 0 Å². The lowest BCUT2D eigenvalue weighted by atomic mass is 10.1. The van der Waals surface area contributed by atoms with Gasteiger partial charge in [0.2, 0.25) is 0 Å². The molecule has 1 aromatic heterocycles. The molecule has 0 saturated heterocycles. The third-order valence-electron chi connectivity index (χ3n) is 4.54. The summed E-state index contributed by atoms with van der Waals surface area (Å²) in [6.07, 6.45) is 0.679. The van der Waals surface area contributed by atoms with Gasteiger partial charge < -0.3 is 10.1 Å². The summed E-state index contributed by atoms with van der Waals surface area (Å²) in [5.74, 6) is -0.654. The number of pyridine rings is 1. The molecule has 0 aliphatic carbocycles. The number of aryl methyl sites for hydroxylation is 1. The van der Waals surface area contributed by atoms with Crippen molar-refractivity contribution in [2.75, 3.05) is 17.1 Å². The number of methoxy groups -OCH3 is 1. The van der Waals surface area contributed by atoms with Crippen LogP contribution in [0.2, 0.25) is 0 Å². The number of nitrogens with one attached hydrogen (secondary N) is 2. The Balaban J connectivity index is 2.05. The van der Waals surface area contributed by atoms with Crippen LogP contribution in [0.5, 0.6) is 5.75 Å². The Morgan fingerprint density at radius 1 is 1.10 bits per heavy atom. The van der Waals surface area contributed by atoms with E-state index in [0.29, 0.717) is 11.3 Å². The highest BCUT2D eigenvalue weighted by Crippen LogP contribution is 2.34. The van der Waals surface area contributed by atoms with Crippen LogP contribution in [0, 0.1) is 11.6 Å². The first-order chi connectivity index (χ1) is 14.3. The maximum atomic E-state index is 14.5. The second-order valence-electron chi connectivity index (χ2n) is 6.45. The van der Waals surface area contributed by atoms with Crippen LogP contribution in [0.1, 0.15) is 12.5 Å². The molecule has 1 atom stereocenters. The number of anilines is 3. The van der Waals surface area contributed by atoms with Gasteiger partial charge in [-0.25, -0.2) is 13.0 Å². The van der Waals surface area contributed by atoms with Gasteiger partial charge in [0.05, 0.1) is 17.7 Å². The molecule has 0 bridgehead atoms. The van der Waals surface area contributed by atoms with Crippen LogP contribution in [0.3, 0.4) is 0 Å². The Morgan fingerprint density at radius 2 is 1.80 bits per heavy atom. The molecule has 3 rings (SSSR count). The van der Waals surface area contributed by atoms with Crippen LogP contribution in [0.4, 0.5) is 26.0 Å². The van der Waals surface area contributed by atoms with Crippen molar-refractivity contribution >= 4 is 28.2 Å². The number of rotatable bonds is 7. The fourth-order valence-corrected chi connectivity index (χ4v) is 3.68. The second kappa shape index (κ2) is 9.08. The second-order valence-corrected chi connectivity index (χ2v) is 7.66. The van der Waals surface area contributed by atoms with Crippen molar-refractivity contribution in [2.45, 2.75) is 18.2 Å². The molecular weight excluding hydrogens is 412 g/mol. The maximum Gasteiger partial charge on any atom is 0.255 e. The quantitative estimate of drug-likeness (QED) is 0.588. The molecule has 30 heavy (non-hydrogen) atoms. The van der Waals surface area contributed by atoms with Crippen molar-refractivity contribution in [3.63, 3.8) is 0 Å². The molecule has 1 heterocycles. The first-order valence-corrected chi connectivity index (χ1v) is 10.3. The van der Waals surface area contributed by atoms with Crippen molar-refractivity contribution in [3.8, 4) is 5.75 Å². The van der Waals surface area contributed by atoms with Gasteiger partial charge in [0, 0.05) is 13.1 Å². The highest BCUT2D eigenvalue weighted by molar-refractivity contribution is 7.86. The van der Waals surface area contributed by atoms with Crippen LogP contribution < -0.4 is 20.3 Å². The molecular formula is C21H21F2N3O3S. The van der Waals surface area contributed by atoms with Gasteiger partial charge in [0.1, 0.15) is 34.1 Å². The molecule has 158 valence electrons. The molecule has 0 aliphatic heterocycles. The largest absolute Gasteiger partial charge is 0.494 e. The van der Waals surface area contributed by atoms with Gasteiger partial charge in [-0.2, -0.15) is 0 Å². The van der Waals surface area contributed by atoms with Crippen LogP contribution >= 0.6 is 0 Å². The summed E-state index contributed by atoms with van der Waals surface area (Å²) >= 11 is 0. The number of aromatic nitrogens is 1. The van der Waals surface area contributed by atoms with E-state index >= 15 is 0 Å². The lowest BCUT2D eigenvalue weighted by Crippen LogP contribution is -2.22. The molecule has 6 nitrogen and oxygen atoms in total. The van der Waals surface area contributed by atoms with Crippen LogP contribution in [-0.4, -0.2) is 15.9 Å². The van der Waals surface area contributed by atoms with E-state index in [1.54, 1.807) is 12.1 Å². The van der Waals surface area contributed by atoms with Crippen LogP contribution in [-0.2, 0) is 24.5 Å². The van der Waals surface area contributed by atoms with Gasteiger partial charge in [-0.15, -0.1) is 0 Å². The lowest BCUT2D eigenvalue weighted by Gasteiger charge is -2.19. The minimum atomic E-state index is -1.79. The molecule has 0 radical (unpaired) electrons. The van der Waals surface area contributed by atoms with E-state index in [4.69, 9.17) is 4.74 Å². The molecule has 2 N–H and O–H groups in total. The summed E-state index contributed by atoms with van der Waals surface area (Å²) in [4.78, 5) is 12.7. The van der Waals surface area contributed by atoms with E-state index in [1.165, 1.54) is 55.1 Å². The lowest BCUT2D eigenvalue weighted by molar-refractivity contribution is 0.415. The number of benzene rings is 2. The first-order valence-electron chi connectivity index (χ1n) is 9.11. The monoisotopic (exact) mass is 433 g/mol. The highest BCUT2D eigenvalue weighted by Gasteiger charge is 2.19. The van der Waals surface area contributed by atoms with Gasteiger partial charge in [0.15, 0.2) is 5.75 Å². The summed E-state index contributed by atoms with van der Waals surface area (Å²) in [7, 11) is 1.06. The highest BCUT2D eigenvalue weighted by atomic mass is 32.2. The molecule has 0 amide bonds. The molecule has 1 unspecified atom stereocenters. The number of hydrogen-bond acceptors (Lipinski definition) is 4. The summed E-state index contributed by atoms with van der Waals surface area (Å²) in [5.41, 5.74) is 0.763. The Labute approximate surface area is 175 Å². The topological polar surface area (TPSA) is 72.4 Å². The molecule has 2 aromatic carbocycles. The number of ether oxygens (including phenoxy) is 1. The van der Waals surface area contributed by atoms with Crippen molar-refractivity contribution in [2.24, 2.45) is 7.05 Å².